The number of likely N-dealkylation sites (tertiary alicyclic amines) is 1. The molecule has 94 valence electrons. The SMILES string of the molecule is CCS(=O)(=O)OC1(C)CCN(C(C)=O)CC1. The maximum absolute atomic E-state index is 11.4. The molecule has 0 radical (unpaired) electrons. The Morgan fingerprint density at radius 2 is 1.88 bits per heavy atom. The standard InChI is InChI=1S/C10H19NO4S/c1-4-16(13,14)15-10(3)5-7-11(8-6-10)9(2)12/h4-8H2,1-3H3. The van der Waals surface area contributed by atoms with Crippen LogP contribution in [-0.2, 0) is 19.1 Å². The van der Waals surface area contributed by atoms with Gasteiger partial charge in [-0.3, -0.25) is 8.98 Å². The summed E-state index contributed by atoms with van der Waals surface area (Å²) in [6.45, 7) is 5.99. The lowest BCUT2D eigenvalue weighted by Gasteiger charge is -2.38. The fraction of sp³-hybridized carbons (Fsp3) is 0.900. The van der Waals surface area contributed by atoms with Crippen LogP contribution < -0.4 is 0 Å². The van der Waals surface area contributed by atoms with E-state index in [-0.39, 0.29) is 11.7 Å². The molecule has 0 atom stereocenters. The fourth-order valence-electron chi connectivity index (χ4n) is 1.74. The lowest BCUT2D eigenvalue weighted by molar-refractivity contribution is -0.131. The van der Waals surface area contributed by atoms with Crippen molar-refractivity contribution in [1.82, 2.24) is 4.90 Å². The van der Waals surface area contributed by atoms with Gasteiger partial charge >= 0.3 is 0 Å². The Labute approximate surface area is 96.9 Å². The quantitative estimate of drug-likeness (QED) is 0.692. The van der Waals surface area contributed by atoms with Gasteiger partial charge in [-0.1, -0.05) is 0 Å². The van der Waals surface area contributed by atoms with Crippen LogP contribution >= 0.6 is 0 Å². The molecule has 0 saturated carbocycles. The van der Waals surface area contributed by atoms with Gasteiger partial charge in [0.25, 0.3) is 10.1 Å². The van der Waals surface area contributed by atoms with Crippen molar-refractivity contribution in [3.63, 3.8) is 0 Å². The van der Waals surface area contributed by atoms with E-state index in [2.05, 4.69) is 0 Å². The summed E-state index contributed by atoms with van der Waals surface area (Å²) in [6.07, 6.45) is 1.12. The molecule has 1 fully saturated rings. The summed E-state index contributed by atoms with van der Waals surface area (Å²) >= 11 is 0. The first-order valence-corrected chi connectivity index (χ1v) is 7.04. The van der Waals surface area contributed by atoms with Gasteiger partial charge in [-0.25, -0.2) is 0 Å². The molecule has 0 aromatic rings. The highest BCUT2D eigenvalue weighted by molar-refractivity contribution is 7.86. The first-order valence-electron chi connectivity index (χ1n) is 5.47. The molecule has 1 rings (SSSR count). The summed E-state index contributed by atoms with van der Waals surface area (Å²) < 4.78 is 27.9. The van der Waals surface area contributed by atoms with Gasteiger partial charge in [0.2, 0.25) is 5.91 Å². The van der Waals surface area contributed by atoms with Crippen LogP contribution in [0.5, 0.6) is 0 Å². The second-order valence-electron chi connectivity index (χ2n) is 4.39. The van der Waals surface area contributed by atoms with Gasteiger partial charge in [-0.15, -0.1) is 0 Å². The molecule has 1 amide bonds. The number of carbonyl (C=O) groups excluding carboxylic acids is 1. The molecule has 1 saturated heterocycles. The number of hydrogen-bond donors (Lipinski definition) is 0. The van der Waals surface area contributed by atoms with E-state index in [4.69, 9.17) is 4.18 Å². The molecule has 1 aliphatic rings. The lowest BCUT2D eigenvalue weighted by atomic mass is 9.94. The van der Waals surface area contributed by atoms with Crippen molar-refractivity contribution >= 4 is 16.0 Å². The molecule has 0 aliphatic carbocycles. The van der Waals surface area contributed by atoms with Gasteiger partial charge in [0.15, 0.2) is 0 Å². The predicted octanol–water partition coefficient (Wildman–Crippen LogP) is 0.754. The van der Waals surface area contributed by atoms with Crippen LogP contribution in [0.2, 0.25) is 0 Å². The average molecular weight is 249 g/mol. The van der Waals surface area contributed by atoms with Crippen molar-refractivity contribution in [2.75, 3.05) is 18.8 Å². The Balaban J connectivity index is 2.60. The summed E-state index contributed by atoms with van der Waals surface area (Å²) in [5.41, 5.74) is -0.652. The Morgan fingerprint density at radius 1 is 1.38 bits per heavy atom. The minimum Gasteiger partial charge on any atom is -0.343 e. The third-order valence-electron chi connectivity index (χ3n) is 2.95. The highest BCUT2D eigenvalue weighted by atomic mass is 32.2. The maximum Gasteiger partial charge on any atom is 0.267 e. The van der Waals surface area contributed by atoms with Crippen LogP contribution in [0.15, 0.2) is 0 Å². The second kappa shape index (κ2) is 4.71. The zero-order valence-corrected chi connectivity index (χ0v) is 10.8. The molecule has 1 heterocycles. The Hall–Kier alpha value is -0.620. The van der Waals surface area contributed by atoms with Gasteiger partial charge in [-0.05, 0) is 26.7 Å². The summed E-state index contributed by atoms with van der Waals surface area (Å²) in [6, 6.07) is 0. The van der Waals surface area contributed by atoms with Crippen LogP contribution in [0.3, 0.4) is 0 Å². The number of carbonyl (C=O) groups is 1. The van der Waals surface area contributed by atoms with Crippen LogP contribution in [0.25, 0.3) is 0 Å². The molecule has 16 heavy (non-hydrogen) atoms. The molecule has 1 aliphatic heterocycles. The Kier molecular flexibility index (Phi) is 3.96. The van der Waals surface area contributed by atoms with E-state index in [0.717, 1.165) is 0 Å². The molecule has 0 aromatic carbocycles. The molecule has 0 unspecified atom stereocenters. The number of piperidine rings is 1. The largest absolute Gasteiger partial charge is 0.343 e. The molecule has 0 N–H and O–H groups in total. The smallest absolute Gasteiger partial charge is 0.267 e. The molecular formula is C10H19NO4S. The van der Waals surface area contributed by atoms with Gasteiger partial charge in [0.05, 0.1) is 11.4 Å². The lowest BCUT2D eigenvalue weighted by Crippen LogP contribution is -2.46. The van der Waals surface area contributed by atoms with Gasteiger partial charge in [-0.2, -0.15) is 8.42 Å². The minimum absolute atomic E-state index is 0.0149. The number of nitrogens with zero attached hydrogens (tertiary/aromatic N) is 1. The maximum atomic E-state index is 11.4. The highest BCUT2D eigenvalue weighted by Gasteiger charge is 2.35. The number of amides is 1. The van der Waals surface area contributed by atoms with E-state index in [1.54, 1.807) is 18.7 Å². The topological polar surface area (TPSA) is 63.7 Å². The molecule has 0 spiro atoms. The predicted molar refractivity (Wildman–Crippen MR) is 60.4 cm³/mol. The molecular weight excluding hydrogens is 230 g/mol. The number of hydrogen-bond acceptors (Lipinski definition) is 4. The van der Waals surface area contributed by atoms with Crippen molar-refractivity contribution in [3.05, 3.63) is 0 Å². The first kappa shape index (κ1) is 13.4. The van der Waals surface area contributed by atoms with E-state index in [1.165, 1.54) is 6.92 Å². The van der Waals surface area contributed by atoms with Crippen molar-refractivity contribution in [2.45, 2.75) is 39.2 Å². The average Bonchev–Trinajstić information content (AvgIpc) is 2.17. The molecule has 6 heteroatoms. The Bertz CT molecular complexity index is 355. The van der Waals surface area contributed by atoms with Gasteiger partial charge in [0, 0.05) is 20.0 Å². The third-order valence-corrected chi connectivity index (χ3v) is 4.31. The fourth-order valence-corrected chi connectivity index (χ4v) is 2.64. The highest BCUT2D eigenvalue weighted by Crippen LogP contribution is 2.27. The van der Waals surface area contributed by atoms with Crippen molar-refractivity contribution in [3.8, 4) is 0 Å². The summed E-state index contributed by atoms with van der Waals surface area (Å²) in [4.78, 5) is 12.8. The molecule has 0 bridgehead atoms. The summed E-state index contributed by atoms with van der Waals surface area (Å²) in [5.74, 6) is 0.0133. The zero-order chi connectivity index (χ0) is 12.4. The van der Waals surface area contributed by atoms with E-state index >= 15 is 0 Å². The van der Waals surface area contributed by atoms with E-state index in [1.807, 2.05) is 0 Å². The third kappa shape index (κ3) is 3.45. The van der Waals surface area contributed by atoms with Gasteiger partial charge < -0.3 is 4.90 Å². The second-order valence-corrected chi connectivity index (χ2v) is 6.25. The van der Waals surface area contributed by atoms with E-state index < -0.39 is 15.7 Å². The van der Waals surface area contributed by atoms with Gasteiger partial charge in [0.1, 0.15) is 0 Å². The van der Waals surface area contributed by atoms with Crippen molar-refractivity contribution < 1.29 is 17.4 Å². The van der Waals surface area contributed by atoms with Crippen LogP contribution in [0.4, 0.5) is 0 Å². The Morgan fingerprint density at radius 3 is 2.25 bits per heavy atom. The summed E-state index contributed by atoms with van der Waals surface area (Å²) in [7, 11) is -3.42. The minimum atomic E-state index is -3.42. The van der Waals surface area contributed by atoms with E-state index in [9.17, 15) is 13.2 Å². The monoisotopic (exact) mass is 249 g/mol. The normalized spacial score (nSPS) is 20.8. The van der Waals surface area contributed by atoms with Crippen LogP contribution in [0.1, 0.15) is 33.6 Å². The first-order chi connectivity index (χ1) is 7.28. The molecule has 5 nitrogen and oxygen atoms in total. The van der Waals surface area contributed by atoms with Crippen LogP contribution in [-0.4, -0.2) is 43.7 Å². The van der Waals surface area contributed by atoms with E-state index in [0.29, 0.717) is 25.9 Å². The summed E-state index contributed by atoms with van der Waals surface area (Å²) in [5, 5.41) is 0. The van der Waals surface area contributed by atoms with Crippen LogP contribution in [0, 0.1) is 0 Å². The van der Waals surface area contributed by atoms with Crippen molar-refractivity contribution in [2.24, 2.45) is 0 Å². The van der Waals surface area contributed by atoms with Crippen molar-refractivity contribution in [1.29, 1.82) is 0 Å². The molecule has 0 aromatic heterocycles. The zero-order valence-electron chi connectivity index (χ0n) is 10.0. The number of rotatable bonds is 3.